The average molecular weight is 195 g/mol. The van der Waals surface area contributed by atoms with Crippen molar-refractivity contribution in [3.05, 3.63) is 18.0 Å². The van der Waals surface area contributed by atoms with E-state index >= 15 is 0 Å². The van der Waals surface area contributed by atoms with Gasteiger partial charge in [0, 0.05) is 12.7 Å². The minimum Gasteiger partial charge on any atom is -0.370 e. The Hall–Kier alpha value is -1.52. The third-order valence-corrected chi connectivity index (χ3v) is 1.67. The molecule has 14 heavy (non-hydrogen) atoms. The molecule has 0 amide bonds. The van der Waals surface area contributed by atoms with Crippen molar-refractivity contribution in [2.45, 2.75) is 20.4 Å². The zero-order chi connectivity index (χ0) is 10.4. The first-order chi connectivity index (χ1) is 6.68. The highest BCUT2D eigenvalue weighted by atomic mass is 15.1. The molecule has 0 aromatic carbocycles. The van der Waals surface area contributed by atoms with Gasteiger partial charge in [-0.3, -0.25) is 5.10 Å². The average Bonchev–Trinajstić information content (AvgIpc) is 2.63. The van der Waals surface area contributed by atoms with E-state index in [-0.39, 0.29) is 0 Å². The predicted molar refractivity (Wildman–Crippen MR) is 56.8 cm³/mol. The Morgan fingerprint density at radius 2 is 2.50 bits per heavy atom. The minimum atomic E-state index is 0.480. The number of aliphatic imine (C=N–C) groups is 1. The van der Waals surface area contributed by atoms with Crippen LogP contribution in [0.5, 0.6) is 0 Å². The van der Waals surface area contributed by atoms with Crippen LogP contribution in [0.1, 0.15) is 19.5 Å². The number of nitrogens with zero attached hydrogens (tertiary/aromatic N) is 2. The third kappa shape index (κ3) is 3.93. The summed E-state index contributed by atoms with van der Waals surface area (Å²) < 4.78 is 0. The summed E-state index contributed by atoms with van der Waals surface area (Å²) in [6.45, 7) is 5.62. The number of aromatic amines is 1. The topological polar surface area (TPSA) is 79.1 Å². The maximum atomic E-state index is 5.64. The summed E-state index contributed by atoms with van der Waals surface area (Å²) in [5, 5.41) is 9.67. The number of hydrogen-bond donors (Lipinski definition) is 3. The van der Waals surface area contributed by atoms with Gasteiger partial charge in [0.25, 0.3) is 0 Å². The van der Waals surface area contributed by atoms with Crippen molar-refractivity contribution in [3.8, 4) is 0 Å². The second kappa shape index (κ2) is 5.26. The first-order valence-corrected chi connectivity index (χ1v) is 4.70. The monoisotopic (exact) mass is 195 g/mol. The highest BCUT2D eigenvalue weighted by molar-refractivity contribution is 5.77. The van der Waals surface area contributed by atoms with Crippen LogP contribution in [0.25, 0.3) is 0 Å². The molecule has 0 aliphatic rings. The van der Waals surface area contributed by atoms with Crippen molar-refractivity contribution >= 4 is 5.96 Å². The van der Waals surface area contributed by atoms with E-state index in [9.17, 15) is 0 Å². The van der Waals surface area contributed by atoms with Crippen LogP contribution < -0.4 is 11.1 Å². The van der Waals surface area contributed by atoms with Crippen molar-refractivity contribution in [1.29, 1.82) is 0 Å². The molecule has 1 rings (SSSR count). The van der Waals surface area contributed by atoms with E-state index < -0.39 is 0 Å². The lowest BCUT2D eigenvalue weighted by molar-refractivity contribution is 0.621. The van der Waals surface area contributed by atoms with Gasteiger partial charge in [-0.1, -0.05) is 13.8 Å². The molecule has 0 aliphatic carbocycles. The van der Waals surface area contributed by atoms with Crippen LogP contribution in [-0.4, -0.2) is 22.7 Å². The number of H-pyrrole nitrogens is 1. The van der Waals surface area contributed by atoms with Gasteiger partial charge in [0.15, 0.2) is 5.96 Å². The van der Waals surface area contributed by atoms with E-state index in [0.717, 1.165) is 12.2 Å². The quantitative estimate of drug-likeness (QED) is 0.482. The zero-order valence-corrected chi connectivity index (χ0v) is 8.62. The fraction of sp³-hybridized carbons (Fsp3) is 0.556. The Labute approximate surface area is 83.8 Å². The van der Waals surface area contributed by atoms with Crippen molar-refractivity contribution < 1.29 is 0 Å². The molecule has 0 unspecified atom stereocenters. The van der Waals surface area contributed by atoms with E-state index in [0.29, 0.717) is 18.4 Å². The van der Waals surface area contributed by atoms with Crippen molar-refractivity contribution in [3.63, 3.8) is 0 Å². The summed E-state index contributed by atoms with van der Waals surface area (Å²) in [4.78, 5) is 4.15. The maximum absolute atomic E-state index is 5.64. The fourth-order valence-electron chi connectivity index (χ4n) is 0.908. The van der Waals surface area contributed by atoms with Gasteiger partial charge in [-0.15, -0.1) is 0 Å². The number of guanidine groups is 1. The van der Waals surface area contributed by atoms with Crippen molar-refractivity contribution in [2.75, 3.05) is 6.54 Å². The van der Waals surface area contributed by atoms with Gasteiger partial charge in [-0.05, 0) is 12.0 Å². The molecular weight excluding hydrogens is 178 g/mol. The lowest BCUT2D eigenvalue weighted by Crippen LogP contribution is -2.34. The molecule has 1 heterocycles. The van der Waals surface area contributed by atoms with E-state index in [1.807, 2.05) is 6.07 Å². The zero-order valence-electron chi connectivity index (χ0n) is 8.62. The molecule has 78 valence electrons. The first kappa shape index (κ1) is 10.6. The Bertz CT molecular complexity index is 275. The molecule has 4 N–H and O–H groups in total. The lowest BCUT2D eigenvalue weighted by Gasteiger charge is -2.07. The highest BCUT2D eigenvalue weighted by Gasteiger charge is 1.95. The van der Waals surface area contributed by atoms with Crippen LogP contribution >= 0.6 is 0 Å². The molecular formula is C9H17N5. The molecule has 1 aromatic rings. The van der Waals surface area contributed by atoms with Gasteiger partial charge in [0.1, 0.15) is 0 Å². The number of nitrogens with two attached hydrogens (primary N) is 1. The second-order valence-corrected chi connectivity index (χ2v) is 3.56. The molecule has 0 bridgehead atoms. The molecule has 0 saturated carbocycles. The third-order valence-electron chi connectivity index (χ3n) is 1.67. The van der Waals surface area contributed by atoms with E-state index in [4.69, 9.17) is 5.73 Å². The van der Waals surface area contributed by atoms with Crippen LogP contribution in [0.2, 0.25) is 0 Å². The van der Waals surface area contributed by atoms with E-state index in [1.165, 1.54) is 0 Å². The van der Waals surface area contributed by atoms with E-state index in [1.54, 1.807) is 6.20 Å². The van der Waals surface area contributed by atoms with Crippen LogP contribution in [0.3, 0.4) is 0 Å². The fourth-order valence-corrected chi connectivity index (χ4v) is 0.908. The van der Waals surface area contributed by atoms with E-state index in [2.05, 4.69) is 34.4 Å². The van der Waals surface area contributed by atoms with Gasteiger partial charge in [-0.2, -0.15) is 5.10 Å². The lowest BCUT2D eigenvalue weighted by atomic mass is 10.2. The number of hydrogen-bond acceptors (Lipinski definition) is 2. The molecule has 0 atom stereocenters. The number of nitrogens with one attached hydrogen (secondary N) is 2. The molecule has 1 aromatic heterocycles. The van der Waals surface area contributed by atoms with Crippen LogP contribution in [0.15, 0.2) is 17.3 Å². The molecule has 0 saturated heterocycles. The number of aromatic nitrogens is 2. The Morgan fingerprint density at radius 3 is 3.07 bits per heavy atom. The largest absolute Gasteiger partial charge is 0.370 e. The van der Waals surface area contributed by atoms with Gasteiger partial charge in [-0.25, -0.2) is 4.99 Å². The number of rotatable bonds is 4. The van der Waals surface area contributed by atoms with Crippen LogP contribution in [0.4, 0.5) is 0 Å². The van der Waals surface area contributed by atoms with Crippen LogP contribution in [0, 0.1) is 5.92 Å². The summed E-state index contributed by atoms with van der Waals surface area (Å²) in [6, 6.07) is 1.87. The molecule has 0 spiro atoms. The van der Waals surface area contributed by atoms with Gasteiger partial charge >= 0.3 is 0 Å². The predicted octanol–water partition coefficient (Wildman–Crippen LogP) is 0.470. The molecule has 5 nitrogen and oxygen atoms in total. The smallest absolute Gasteiger partial charge is 0.188 e. The molecule has 0 aliphatic heterocycles. The normalized spacial score (nSPS) is 12.1. The van der Waals surface area contributed by atoms with Gasteiger partial charge in [0.05, 0.1) is 12.2 Å². The molecule has 0 radical (unpaired) electrons. The highest BCUT2D eigenvalue weighted by Crippen LogP contribution is 1.93. The summed E-state index contributed by atoms with van der Waals surface area (Å²) in [5.74, 6) is 1.05. The Balaban J connectivity index is 2.30. The standard InChI is InChI=1S/C9H17N5/c1-7(2)5-11-9(10)12-6-8-3-4-13-14-8/h3-4,7H,5-6H2,1-2H3,(H,13,14)(H3,10,11,12). The summed E-state index contributed by atoms with van der Waals surface area (Å²) >= 11 is 0. The molecule has 5 heteroatoms. The molecule has 0 fully saturated rings. The SMILES string of the molecule is CC(C)CNC(N)=NCc1ccn[nH]1. The Kier molecular flexibility index (Phi) is 3.97. The first-order valence-electron chi connectivity index (χ1n) is 4.70. The summed E-state index contributed by atoms with van der Waals surface area (Å²) in [5.41, 5.74) is 6.60. The van der Waals surface area contributed by atoms with Crippen molar-refractivity contribution in [2.24, 2.45) is 16.6 Å². The summed E-state index contributed by atoms with van der Waals surface area (Å²) in [6.07, 6.45) is 1.70. The summed E-state index contributed by atoms with van der Waals surface area (Å²) in [7, 11) is 0. The van der Waals surface area contributed by atoms with Crippen LogP contribution in [-0.2, 0) is 6.54 Å². The minimum absolute atomic E-state index is 0.480. The van der Waals surface area contributed by atoms with Crippen molar-refractivity contribution in [1.82, 2.24) is 15.5 Å². The maximum Gasteiger partial charge on any atom is 0.188 e. The van der Waals surface area contributed by atoms with Gasteiger partial charge in [0.2, 0.25) is 0 Å². The second-order valence-electron chi connectivity index (χ2n) is 3.56. The van der Waals surface area contributed by atoms with Gasteiger partial charge < -0.3 is 11.1 Å². The Morgan fingerprint density at radius 1 is 1.71 bits per heavy atom.